The van der Waals surface area contributed by atoms with Crippen LogP contribution < -0.4 is 0 Å². The fourth-order valence-electron chi connectivity index (χ4n) is 2.06. The Labute approximate surface area is 99.9 Å². The van der Waals surface area contributed by atoms with E-state index in [-0.39, 0.29) is 11.5 Å². The molecule has 90 valence electrons. The summed E-state index contributed by atoms with van der Waals surface area (Å²) in [6.07, 6.45) is 3.23. The van der Waals surface area contributed by atoms with Gasteiger partial charge in [0.25, 0.3) is 5.91 Å². The molecule has 1 aliphatic heterocycles. The van der Waals surface area contributed by atoms with E-state index in [2.05, 4.69) is 0 Å². The average molecular weight is 233 g/mol. The molecule has 0 bridgehead atoms. The Balaban J connectivity index is 2.18. The fraction of sp³-hybridized carbons (Fsp3) is 0.385. The Bertz CT molecular complexity index is 436. The predicted octanol–water partition coefficient (Wildman–Crippen LogP) is 2.01. The zero-order valence-electron chi connectivity index (χ0n) is 9.56. The second-order valence-corrected chi connectivity index (χ2v) is 4.24. The highest BCUT2D eigenvalue weighted by atomic mass is 16.4. The summed E-state index contributed by atoms with van der Waals surface area (Å²) in [5.74, 6) is -1.06. The van der Waals surface area contributed by atoms with Crippen molar-refractivity contribution in [3.05, 3.63) is 35.4 Å². The van der Waals surface area contributed by atoms with Gasteiger partial charge in [0.1, 0.15) is 0 Å². The quantitative estimate of drug-likeness (QED) is 0.850. The number of hydrogen-bond donors (Lipinski definition) is 1. The number of likely N-dealkylation sites (tertiary alicyclic amines) is 1. The monoisotopic (exact) mass is 233 g/mol. The van der Waals surface area contributed by atoms with Crippen LogP contribution in [0.2, 0.25) is 0 Å². The number of carbonyl (C=O) groups excluding carboxylic acids is 1. The van der Waals surface area contributed by atoms with Crippen molar-refractivity contribution in [2.75, 3.05) is 13.1 Å². The van der Waals surface area contributed by atoms with Gasteiger partial charge in [0.15, 0.2) is 0 Å². The third-order valence-electron chi connectivity index (χ3n) is 3.00. The summed E-state index contributed by atoms with van der Waals surface area (Å²) < 4.78 is 0. The number of piperidine rings is 1. The smallest absolute Gasteiger partial charge is 0.335 e. The number of aromatic carboxylic acids is 1. The van der Waals surface area contributed by atoms with Crippen LogP contribution >= 0.6 is 0 Å². The standard InChI is InChI=1S/C13H15NO3/c15-12(14-7-2-1-3-8-14)10-5-4-6-11(9-10)13(16)17/h4-6,9H,1-3,7-8H2,(H,16,17). The lowest BCUT2D eigenvalue weighted by Gasteiger charge is -2.26. The fourth-order valence-corrected chi connectivity index (χ4v) is 2.06. The molecule has 1 amide bonds. The Morgan fingerprint density at radius 1 is 1.06 bits per heavy atom. The largest absolute Gasteiger partial charge is 0.478 e. The Morgan fingerprint density at radius 2 is 1.71 bits per heavy atom. The van der Waals surface area contributed by atoms with Crippen LogP contribution in [0.15, 0.2) is 24.3 Å². The molecule has 1 aromatic carbocycles. The molecule has 4 heteroatoms. The van der Waals surface area contributed by atoms with Crippen molar-refractivity contribution >= 4 is 11.9 Å². The van der Waals surface area contributed by atoms with Gasteiger partial charge in [-0.05, 0) is 37.5 Å². The van der Waals surface area contributed by atoms with E-state index < -0.39 is 5.97 Å². The molecular weight excluding hydrogens is 218 g/mol. The third-order valence-corrected chi connectivity index (χ3v) is 3.00. The van der Waals surface area contributed by atoms with Crippen LogP contribution in [0.5, 0.6) is 0 Å². The van der Waals surface area contributed by atoms with Gasteiger partial charge in [-0.2, -0.15) is 0 Å². The second-order valence-electron chi connectivity index (χ2n) is 4.24. The molecule has 0 saturated carbocycles. The van der Waals surface area contributed by atoms with Gasteiger partial charge in [-0.25, -0.2) is 4.79 Å². The molecule has 1 saturated heterocycles. The Kier molecular flexibility index (Phi) is 3.42. The average Bonchev–Trinajstić information content (AvgIpc) is 2.39. The molecule has 1 aliphatic rings. The first-order chi connectivity index (χ1) is 8.18. The molecule has 0 aromatic heterocycles. The normalized spacial score (nSPS) is 15.6. The van der Waals surface area contributed by atoms with Crippen molar-refractivity contribution < 1.29 is 14.7 Å². The minimum Gasteiger partial charge on any atom is -0.478 e. The maximum Gasteiger partial charge on any atom is 0.335 e. The second kappa shape index (κ2) is 4.99. The summed E-state index contributed by atoms with van der Waals surface area (Å²) in [4.78, 5) is 24.7. The number of carbonyl (C=O) groups is 2. The summed E-state index contributed by atoms with van der Waals surface area (Å²) in [5.41, 5.74) is 0.625. The van der Waals surface area contributed by atoms with Crippen molar-refractivity contribution in [3.8, 4) is 0 Å². The van der Waals surface area contributed by atoms with E-state index in [1.807, 2.05) is 0 Å². The Morgan fingerprint density at radius 3 is 2.35 bits per heavy atom. The SMILES string of the molecule is O=C(O)c1cccc(C(=O)N2CCCCC2)c1. The number of benzene rings is 1. The highest BCUT2D eigenvalue weighted by Crippen LogP contribution is 2.14. The van der Waals surface area contributed by atoms with E-state index in [1.54, 1.807) is 17.0 Å². The zero-order valence-corrected chi connectivity index (χ0v) is 9.56. The molecule has 1 heterocycles. The van der Waals surface area contributed by atoms with Gasteiger partial charge in [-0.3, -0.25) is 4.79 Å². The number of hydrogen-bond acceptors (Lipinski definition) is 2. The minimum absolute atomic E-state index is 0.0622. The first-order valence-electron chi connectivity index (χ1n) is 5.81. The lowest BCUT2D eigenvalue weighted by atomic mass is 10.1. The molecule has 0 atom stereocenters. The van der Waals surface area contributed by atoms with Crippen LogP contribution in [-0.4, -0.2) is 35.0 Å². The summed E-state index contributed by atoms with van der Waals surface area (Å²) in [6.45, 7) is 1.55. The van der Waals surface area contributed by atoms with Gasteiger partial charge in [-0.15, -0.1) is 0 Å². The van der Waals surface area contributed by atoms with Gasteiger partial charge >= 0.3 is 5.97 Å². The number of nitrogens with zero attached hydrogens (tertiary/aromatic N) is 1. The van der Waals surface area contributed by atoms with E-state index in [1.165, 1.54) is 18.6 Å². The third kappa shape index (κ3) is 2.64. The van der Waals surface area contributed by atoms with Crippen molar-refractivity contribution in [3.63, 3.8) is 0 Å². The van der Waals surface area contributed by atoms with Crippen molar-refractivity contribution in [1.29, 1.82) is 0 Å². The predicted molar refractivity (Wildman–Crippen MR) is 63.2 cm³/mol. The summed E-state index contributed by atoms with van der Waals surface area (Å²) in [7, 11) is 0. The first kappa shape index (κ1) is 11.6. The molecule has 1 fully saturated rings. The van der Waals surface area contributed by atoms with Crippen LogP contribution in [0, 0.1) is 0 Å². The lowest BCUT2D eigenvalue weighted by molar-refractivity contribution is 0.0697. The van der Waals surface area contributed by atoms with Crippen molar-refractivity contribution in [2.24, 2.45) is 0 Å². The minimum atomic E-state index is -1.00. The van der Waals surface area contributed by atoms with Gasteiger partial charge in [-0.1, -0.05) is 6.07 Å². The maximum atomic E-state index is 12.1. The molecular formula is C13H15NO3. The van der Waals surface area contributed by atoms with Gasteiger partial charge in [0, 0.05) is 18.7 Å². The molecule has 0 unspecified atom stereocenters. The van der Waals surface area contributed by atoms with E-state index >= 15 is 0 Å². The van der Waals surface area contributed by atoms with Crippen molar-refractivity contribution in [2.45, 2.75) is 19.3 Å². The van der Waals surface area contributed by atoms with Crippen LogP contribution in [-0.2, 0) is 0 Å². The van der Waals surface area contributed by atoms with E-state index in [9.17, 15) is 9.59 Å². The van der Waals surface area contributed by atoms with Crippen molar-refractivity contribution in [1.82, 2.24) is 4.90 Å². The number of carboxylic acids is 1. The zero-order chi connectivity index (χ0) is 12.3. The van der Waals surface area contributed by atoms with E-state index in [0.717, 1.165) is 25.9 Å². The van der Waals surface area contributed by atoms with Crippen LogP contribution in [0.4, 0.5) is 0 Å². The molecule has 2 rings (SSSR count). The van der Waals surface area contributed by atoms with Crippen LogP contribution in [0.1, 0.15) is 40.0 Å². The molecule has 0 spiro atoms. The molecule has 1 aromatic rings. The summed E-state index contributed by atoms with van der Waals surface area (Å²) >= 11 is 0. The van der Waals surface area contributed by atoms with E-state index in [0.29, 0.717) is 5.56 Å². The highest BCUT2D eigenvalue weighted by Gasteiger charge is 2.18. The van der Waals surface area contributed by atoms with Crippen LogP contribution in [0.3, 0.4) is 0 Å². The van der Waals surface area contributed by atoms with Gasteiger partial charge in [0.2, 0.25) is 0 Å². The highest BCUT2D eigenvalue weighted by molar-refractivity contribution is 5.97. The molecule has 17 heavy (non-hydrogen) atoms. The molecule has 0 radical (unpaired) electrons. The lowest BCUT2D eigenvalue weighted by Crippen LogP contribution is -2.35. The van der Waals surface area contributed by atoms with Crippen LogP contribution in [0.25, 0.3) is 0 Å². The summed E-state index contributed by atoms with van der Waals surface area (Å²) in [6, 6.07) is 6.22. The topological polar surface area (TPSA) is 57.6 Å². The Hall–Kier alpha value is -1.84. The van der Waals surface area contributed by atoms with Gasteiger partial charge in [0.05, 0.1) is 5.56 Å². The molecule has 0 aliphatic carbocycles. The number of amides is 1. The summed E-state index contributed by atoms with van der Waals surface area (Å²) in [5, 5.41) is 8.88. The number of carboxylic acid groups (broad SMARTS) is 1. The molecule has 4 nitrogen and oxygen atoms in total. The molecule has 1 N–H and O–H groups in total. The first-order valence-corrected chi connectivity index (χ1v) is 5.81. The number of rotatable bonds is 2. The maximum absolute atomic E-state index is 12.1. The van der Waals surface area contributed by atoms with E-state index in [4.69, 9.17) is 5.11 Å². The van der Waals surface area contributed by atoms with Gasteiger partial charge < -0.3 is 10.0 Å².